The number of carbonyl (C=O) groups is 2. The first-order chi connectivity index (χ1) is 12.1. The van der Waals surface area contributed by atoms with Crippen LogP contribution in [-0.4, -0.2) is 27.7 Å². The Kier molecular flexibility index (Phi) is 5.38. The van der Waals surface area contributed by atoms with Gasteiger partial charge in [0.05, 0.1) is 0 Å². The van der Waals surface area contributed by atoms with E-state index < -0.39 is 6.04 Å². The zero-order chi connectivity index (χ0) is 17.6. The molecule has 130 valence electrons. The molecule has 0 radical (unpaired) electrons. The lowest BCUT2D eigenvalue weighted by Gasteiger charge is -2.34. The van der Waals surface area contributed by atoms with Gasteiger partial charge in [0.15, 0.2) is 0 Å². The number of benzene rings is 1. The topological polar surface area (TPSA) is 62.3 Å². The average Bonchev–Trinajstić information content (AvgIpc) is 2.64. The minimum atomic E-state index is -0.497. The summed E-state index contributed by atoms with van der Waals surface area (Å²) < 4.78 is 13.1. The second-order valence-corrected chi connectivity index (χ2v) is 6.14. The molecule has 5 nitrogen and oxygen atoms in total. The van der Waals surface area contributed by atoms with E-state index in [1.165, 1.54) is 12.1 Å². The monoisotopic (exact) mass is 341 g/mol. The van der Waals surface area contributed by atoms with Gasteiger partial charge in [-0.15, -0.1) is 0 Å². The van der Waals surface area contributed by atoms with Gasteiger partial charge in [-0.25, -0.2) is 4.39 Å². The summed E-state index contributed by atoms with van der Waals surface area (Å²) in [7, 11) is 0. The number of rotatable bonds is 5. The Balaban J connectivity index is 1.67. The van der Waals surface area contributed by atoms with Crippen LogP contribution in [0.15, 0.2) is 48.8 Å². The lowest BCUT2D eigenvalue weighted by atomic mass is 9.99. The molecule has 1 unspecified atom stereocenters. The number of piperidine rings is 1. The number of halogens is 1. The Labute approximate surface area is 145 Å². The first-order valence-electron chi connectivity index (χ1n) is 8.34. The maximum atomic E-state index is 13.1. The van der Waals surface area contributed by atoms with E-state index in [0.29, 0.717) is 32.4 Å². The summed E-state index contributed by atoms with van der Waals surface area (Å²) in [5.41, 5.74) is 1.71. The predicted octanol–water partition coefficient (Wildman–Crippen LogP) is 2.42. The predicted molar refractivity (Wildman–Crippen MR) is 90.7 cm³/mol. The van der Waals surface area contributed by atoms with Crippen LogP contribution in [0.5, 0.6) is 0 Å². The molecule has 25 heavy (non-hydrogen) atoms. The molecule has 6 heteroatoms. The standard InChI is InChI=1S/C19H20FN3O2/c20-16-8-6-14(7-9-16)13-23-17(4-1-5-18(23)24)19(25)22-12-15-3-2-10-21-11-15/h2-3,6-11,17H,1,4-5,12-13H2,(H,22,25). The molecule has 1 atom stereocenters. The van der Waals surface area contributed by atoms with Crippen molar-refractivity contribution in [2.24, 2.45) is 0 Å². The molecule has 0 spiro atoms. The third kappa shape index (κ3) is 4.41. The van der Waals surface area contributed by atoms with Crippen LogP contribution in [-0.2, 0) is 22.7 Å². The van der Waals surface area contributed by atoms with Gasteiger partial charge in [-0.2, -0.15) is 0 Å². The highest BCUT2D eigenvalue weighted by atomic mass is 19.1. The molecule has 1 N–H and O–H groups in total. The van der Waals surface area contributed by atoms with Gasteiger partial charge in [-0.05, 0) is 42.2 Å². The summed E-state index contributed by atoms with van der Waals surface area (Å²) in [6, 6.07) is 9.21. The van der Waals surface area contributed by atoms with Crippen LogP contribution >= 0.6 is 0 Å². The summed E-state index contributed by atoms with van der Waals surface area (Å²) >= 11 is 0. The van der Waals surface area contributed by atoms with Crippen LogP contribution in [0.2, 0.25) is 0 Å². The number of hydrogen-bond donors (Lipinski definition) is 1. The lowest BCUT2D eigenvalue weighted by molar-refractivity contribution is -0.144. The molecule has 0 bridgehead atoms. The van der Waals surface area contributed by atoms with E-state index in [4.69, 9.17) is 0 Å². The van der Waals surface area contributed by atoms with Gasteiger partial charge in [-0.3, -0.25) is 14.6 Å². The van der Waals surface area contributed by atoms with Crippen molar-refractivity contribution < 1.29 is 14.0 Å². The van der Waals surface area contributed by atoms with Gasteiger partial charge in [0, 0.05) is 31.9 Å². The van der Waals surface area contributed by atoms with Crippen LogP contribution in [0, 0.1) is 5.82 Å². The fourth-order valence-electron chi connectivity index (χ4n) is 2.99. The molecule has 2 aromatic rings. The Hall–Kier alpha value is -2.76. The van der Waals surface area contributed by atoms with Crippen molar-refractivity contribution in [3.63, 3.8) is 0 Å². The van der Waals surface area contributed by atoms with Crippen molar-refractivity contribution in [1.29, 1.82) is 0 Å². The molecule has 2 heterocycles. The second kappa shape index (κ2) is 7.88. The Morgan fingerprint density at radius 2 is 2.04 bits per heavy atom. The number of likely N-dealkylation sites (tertiary alicyclic amines) is 1. The molecule has 1 aromatic heterocycles. The molecular weight excluding hydrogens is 321 g/mol. The fraction of sp³-hybridized carbons (Fsp3) is 0.316. The normalized spacial score (nSPS) is 17.4. The van der Waals surface area contributed by atoms with Gasteiger partial charge in [0.2, 0.25) is 11.8 Å². The van der Waals surface area contributed by atoms with Gasteiger partial charge >= 0.3 is 0 Å². The maximum Gasteiger partial charge on any atom is 0.243 e. The second-order valence-electron chi connectivity index (χ2n) is 6.14. The van der Waals surface area contributed by atoms with E-state index in [9.17, 15) is 14.0 Å². The zero-order valence-electron chi connectivity index (χ0n) is 13.8. The maximum absolute atomic E-state index is 13.1. The van der Waals surface area contributed by atoms with Crippen molar-refractivity contribution in [2.75, 3.05) is 0 Å². The molecule has 0 saturated carbocycles. The molecule has 1 aromatic carbocycles. The third-order valence-corrected chi connectivity index (χ3v) is 4.32. The number of carbonyl (C=O) groups excluding carboxylic acids is 2. The summed E-state index contributed by atoms with van der Waals surface area (Å²) in [6.45, 7) is 0.686. The van der Waals surface area contributed by atoms with Crippen molar-refractivity contribution in [1.82, 2.24) is 15.2 Å². The largest absolute Gasteiger partial charge is 0.350 e. The van der Waals surface area contributed by atoms with Crippen LogP contribution in [0.1, 0.15) is 30.4 Å². The van der Waals surface area contributed by atoms with E-state index >= 15 is 0 Å². The molecule has 1 aliphatic heterocycles. The van der Waals surface area contributed by atoms with Crippen LogP contribution in [0.4, 0.5) is 4.39 Å². The number of nitrogens with one attached hydrogen (secondary N) is 1. The van der Waals surface area contributed by atoms with Crippen molar-refractivity contribution in [3.05, 3.63) is 65.7 Å². The van der Waals surface area contributed by atoms with Gasteiger partial charge in [0.1, 0.15) is 11.9 Å². The van der Waals surface area contributed by atoms with E-state index in [1.807, 2.05) is 12.1 Å². The van der Waals surface area contributed by atoms with Gasteiger partial charge < -0.3 is 10.2 Å². The van der Waals surface area contributed by atoms with Crippen molar-refractivity contribution in [3.8, 4) is 0 Å². The minimum Gasteiger partial charge on any atom is -0.350 e. The SMILES string of the molecule is O=C(NCc1cccnc1)C1CCCC(=O)N1Cc1ccc(F)cc1. The first-order valence-corrected chi connectivity index (χ1v) is 8.34. The lowest BCUT2D eigenvalue weighted by Crippen LogP contribution is -2.51. The molecular formula is C19H20FN3O2. The first kappa shape index (κ1) is 17.1. The highest BCUT2D eigenvalue weighted by molar-refractivity contribution is 5.88. The highest BCUT2D eigenvalue weighted by Crippen LogP contribution is 2.21. The van der Waals surface area contributed by atoms with E-state index in [0.717, 1.165) is 11.1 Å². The number of amides is 2. The Bertz CT molecular complexity index is 734. The number of nitrogens with zero attached hydrogens (tertiary/aromatic N) is 2. The van der Waals surface area contributed by atoms with E-state index in [1.54, 1.807) is 29.4 Å². The van der Waals surface area contributed by atoms with Crippen LogP contribution < -0.4 is 5.32 Å². The summed E-state index contributed by atoms with van der Waals surface area (Å²) in [6.07, 6.45) is 5.14. The minimum absolute atomic E-state index is 0.0443. The molecule has 0 aliphatic carbocycles. The van der Waals surface area contributed by atoms with Crippen LogP contribution in [0.3, 0.4) is 0 Å². The van der Waals surface area contributed by atoms with Gasteiger partial charge in [0.25, 0.3) is 0 Å². The zero-order valence-corrected chi connectivity index (χ0v) is 13.8. The van der Waals surface area contributed by atoms with Crippen molar-refractivity contribution in [2.45, 2.75) is 38.4 Å². The molecule has 1 saturated heterocycles. The van der Waals surface area contributed by atoms with Crippen molar-refractivity contribution >= 4 is 11.8 Å². The molecule has 1 fully saturated rings. The summed E-state index contributed by atoms with van der Waals surface area (Å²) in [5, 5.41) is 2.88. The van der Waals surface area contributed by atoms with Crippen LogP contribution in [0.25, 0.3) is 0 Å². The fourth-order valence-corrected chi connectivity index (χ4v) is 2.99. The van der Waals surface area contributed by atoms with E-state index in [2.05, 4.69) is 10.3 Å². The number of aromatic nitrogens is 1. The summed E-state index contributed by atoms with van der Waals surface area (Å²) in [4.78, 5) is 30.5. The number of pyridine rings is 1. The van der Waals surface area contributed by atoms with E-state index in [-0.39, 0.29) is 17.6 Å². The quantitative estimate of drug-likeness (QED) is 0.908. The molecule has 2 amide bonds. The highest BCUT2D eigenvalue weighted by Gasteiger charge is 2.33. The Morgan fingerprint density at radius 1 is 1.24 bits per heavy atom. The Morgan fingerprint density at radius 3 is 2.76 bits per heavy atom. The number of hydrogen-bond acceptors (Lipinski definition) is 3. The average molecular weight is 341 g/mol. The summed E-state index contributed by atoms with van der Waals surface area (Å²) in [5.74, 6) is -0.532. The smallest absolute Gasteiger partial charge is 0.243 e. The third-order valence-electron chi connectivity index (χ3n) is 4.32. The molecule has 1 aliphatic rings. The molecule has 3 rings (SSSR count). The van der Waals surface area contributed by atoms with Gasteiger partial charge in [-0.1, -0.05) is 18.2 Å².